The Bertz CT molecular complexity index is 1020. The van der Waals surface area contributed by atoms with Gasteiger partial charge in [0.1, 0.15) is 17.4 Å². The third kappa shape index (κ3) is 6.66. The van der Waals surface area contributed by atoms with Crippen LogP contribution < -0.4 is 14.2 Å². The van der Waals surface area contributed by atoms with Crippen molar-refractivity contribution in [3.05, 3.63) is 69.9 Å². The molecule has 0 atom stereocenters. The van der Waals surface area contributed by atoms with Gasteiger partial charge in [0.05, 0.1) is 26.5 Å². The molecule has 1 heterocycles. The highest BCUT2D eigenvalue weighted by Gasteiger charge is 2.18. The van der Waals surface area contributed by atoms with Crippen molar-refractivity contribution in [2.24, 2.45) is 0 Å². The smallest absolute Gasteiger partial charge is 0.254 e. The Hall–Kier alpha value is -3.17. The Morgan fingerprint density at radius 2 is 1.76 bits per heavy atom. The van der Waals surface area contributed by atoms with E-state index >= 15 is 0 Å². The van der Waals surface area contributed by atoms with E-state index in [9.17, 15) is 9.18 Å². The molecule has 0 aliphatic carbocycles. The number of nitrogens with zero attached hydrogens (tertiary/aromatic N) is 2. The molecular weight excluding hydrogens is 447 g/mol. The van der Waals surface area contributed by atoms with E-state index in [0.717, 1.165) is 10.7 Å². The highest BCUT2D eigenvalue weighted by atomic mass is 32.1. The SMILES string of the molecule is COCCCN(Cc1csc(COc2c(OC)cccc2OC)n1)C(=O)c1ccc(F)cc1. The topological polar surface area (TPSA) is 70.1 Å². The van der Waals surface area contributed by atoms with E-state index in [4.69, 9.17) is 18.9 Å². The molecule has 0 spiro atoms. The van der Waals surface area contributed by atoms with Gasteiger partial charge >= 0.3 is 0 Å². The summed E-state index contributed by atoms with van der Waals surface area (Å²) in [5.41, 5.74) is 1.18. The van der Waals surface area contributed by atoms with Crippen molar-refractivity contribution in [2.75, 3.05) is 34.5 Å². The van der Waals surface area contributed by atoms with Gasteiger partial charge in [-0.05, 0) is 42.8 Å². The Morgan fingerprint density at radius 1 is 1.06 bits per heavy atom. The minimum Gasteiger partial charge on any atom is -0.493 e. The van der Waals surface area contributed by atoms with Gasteiger partial charge in [0.2, 0.25) is 5.75 Å². The summed E-state index contributed by atoms with van der Waals surface area (Å²) >= 11 is 1.45. The normalized spacial score (nSPS) is 10.7. The summed E-state index contributed by atoms with van der Waals surface area (Å²) in [7, 11) is 4.76. The van der Waals surface area contributed by atoms with Crippen LogP contribution in [0.1, 0.15) is 27.5 Å². The second-order valence-electron chi connectivity index (χ2n) is 7.09. The first-order chi connectivity index (χ1) is 16.0. The summed E-state index contributed by atoms with van der Waals surface area (Å²) < 4.78 is 35.0. The molecule has 0 saturated heterocycles. The molecule has 9 heteroatoms. The van der Waals surface area contributed by atoms with Crippen LogP contribution in [-0.2, 0) is 17.9 Å². The van der Waals surface area contributed by atoms with Crippen LogP contribution in [0, 0.1) is 5.82 Å². The molecule has 7 nitrogen and oxygen atoms in total. The van der Waals surface area contributed by atoms with Crippen molar-refractivity contribution in [3.63, 3.8) is 0 Å². The fourth-order valence-electron chi connectivity index (χ4n) is 3.20. The zero-order chi connectivity index (χ0) is 23.6. The third-order valence-electron chi connectivity index (χ3n) is 4.83. The van der Waals surface area contributed by atoms with Gasteiger partial charge in [0.25, 0.3) is 5.91 Å². The summed E-state index contributed by atoms with van der Waals surface area (Å²) in [5, 5.41) is 2.66. The van der Waals surface area contributed by atoms with E-state index < -0.39 is 0 Å². The van der Waals surface area contributed by atoms with Crippen molar-refractivity contribution in [3.8, 4) is 17.2 Å². The average molecular weight is 475 g/mol. The van der Waals surface area contributed by atoms with Gasteiger partial charge in [-0.25, -0.2) is 9.37 Å². The van der Waals surface area contributed by atoms with Crippen LogP contribution >= 0.6 is 11.3 Å². The van der Waals surface area contributed by atoms with E-state index in [1.807, 2.05) is 11.4 Å². The van der Waals surface area contributed by atoms with Crippen LogP contribution in [0.15, 0.2) is 47.8 Å². The number of hydrogen-bond donors (Lipinski definition) is 0. The van der Waals surface area contributed by atoms with Crippen molar-refractivity contribution in [1.82, 2.24) is 9.88 Å². The van der Waals surface area contributed by atoms with Crippen molar-refractivity contribution >= 4 is 17.2 Å². The highest BCUT2D eigenvalue weighted by molar-refractivity contribution is 7.09. The number of halogens is 1. The highest BCUT2D eigenvalue weighted by Crippen LogP contribution is 2.37. The van der Waals surface area contributed by atoms with Gasteiger partial charge in [-0.2, -0.15) is 0 Å². The Kier molecular flexibility index (Phi) is 9.03. The number of aromatic nitrogens is 1. The first kappa shape index (κ1) is 24.5. The maximum atomic E-state index is 13.3. The lowest BCUT2D eigenvalue weighted by atomic mass is 10.2. The van der Waals surface area contributed by atoms with Gasteiger partial charge in [-0.1, -0.05) is 6.07 Å². The number of carbonyl (C=O) groups is 1. The molecule has 1 aromatic heterocycles. The van der Waals surface area contributed by atoms with E-state index in [1.54, 1.807) is 38.4 Å². The average Bonchev–Trinajstić information content (AvgIpc) is 3.29. The number of para-hydroxylation sites is 1. The quantitative estimate of drug-likeness (QED) is 0.359. The van der Waals surface area contributed by atoms with E-state index in [1.165, 1.54) is 35.6 Å². The number of ether oxygens (including phenoxy) is 4. The van der Waals surface area contributed by atoms with Crippen LogP contribution in [0.4, 0.5) is 4.39 Å². The van der Waals surface area contributed by atoms with Crippen molar-refractivity contribution in [1.29, 1.82) is 0 Å². The van der Waals surface area contributed by atoms with Crippen molar-refractivity contribution in [2.45, 2.75) is 19.6 Å². The Balaban J connectivity index is 1.69. The first-order valence-electron chi connectivity index (χ1n) is 10.4. The Labute approximate surface area is 196 Å². The molecular formula is C24H27FN2O5S. The maximum Gasteiger partial charge on any atom is 0.254 e. The molecule has 2 aromatic carbocycles. The van der Waals surface area contributed by atoms with Crippen molar-refractivity contribution < 1.29 is 28.1 Å². The second-order valence-corrected chi connectivity index (χ2v) is 8.04. The van der Waals surface area contributed by atoms with Gasteiger partial charge < -0.3 is 23.8 Å². The molecule has 0 N–H and O–H groups in total. The van der Waals surface area contributed by atoms with Crippen LogP contribution in [0.25, 0.3) is 0 Å². The van der Waals surface area contributed by atoms with Crippen LogP contribution in [-0.4, -0.2) is 50.3 Å². The van der Waals surface area contributed by atoms with Gasteiger partial charge in [0.15, 0.2) is 11.5 Å². The van der Waals surface area contributed by atoms with Gasteiger partial charge in [-0.3, -0.25) is 4.79 Å². The van der Waals surface area contributed by atoms with Crippen LogP contribution in [0.3, 0.4) is 0 Å². The number of amides is 1. The van der Waals surface area contributed by atoms with E-state index in [0.29, 0.717) is 48.9 Å². The summed E-state index contributed by atoms with van der Waals surface area (Å²) in [4.78, 5) is 19.3. The zero-order valence-corrected chi connectivity index (χ0v) is 19.7. The number of hydrogen-bond acceptors (Lipinski definition) is 7. The number of benzene rings is 2. The molecule has 1 amide bonds. The first-order valence-corrected chi connectivity index (χ1v) is 11.2. The van der Waals surface area contributed by atoms with Gasteiger partial charge in [0, 0.05) is 31.2 Å². The molecule has 0 fully saturated rings. The Morgan fingerprint density at radius 3 is 2.39 bits per heavy atom. The minimum absolute atomic E-state index is 0.185. The lowest BCUT2D eigenvalue weighted by Crippen LogP contribution is -2.32. The predicted octanol–water partition coefficient (Wildman–Crippen LogP) is 4.56. The monoisotopic (exact) mass is 474 g/mol. The maximum absolute atomic E-state index is 13.3. The van der Waals surface area contributed by atoms with Crippen LogP contribution in [0.2, 0.25) is 0 Å². The lowest BCUT2D eigenvalue weighted by Gasteiger charge is -2.22. The summed E-state index contributed by atoms with van der Waals surface area (Å²) in [6.45, 7) is 1.58. The molecule has 0 saturated carbocycles. The lowest BCUT2D eigenvalue weighted by molar-refractivity contribution is 0.0721. The molecule has 176 valence electrons. The summed E-state index contributed by atoms with van der Waals surface area (Å²) in [6, 6.07) is 11.0. The fraction of sp³-hybridized carbons (Fsp3) is 0.333. The fourth-order valence-corrected chi connectivity index (χ4v) is 3.90. The molecule has 0 aliphatic heterocycles. The molecule has 3 rings (SSSR count). The molecule has 0 unspecified atom stereocenters. The van der Waals surface area contributed by atoms with E-state index in [2.05, 4.69) is 4.98 Å². The number of thiazole rings is 1. The standard InChI is InChI=1S/C24H27FN2O5S/c1-29-13-5-12-27(24(28)17-8-10-18(25)11-9-17)14-19-16-33-22(26-19)15-32-23-20(30-2)6-4-7-21(23)31-3/h4,6-11,16H,5,12-15H2,1-3H3. The number of methoxy groups -OCH3 is 3. The second kappa shape index (κ2) is 12.2. The molecule has 3 aromatic rings. The largest absolute Gasteiger partial charge is 0.493 e. The zero-order valence-electron chi connectivity index (χ0n) is 18.9. The van der Waals surface area contributed by atoms with Crippen LogP contribution in [0.5, 0.6) is 17.2 Å². The minimum atomic E-state index is -0.381. The molecule has 0 aliphatic rings. The predicted molar refractivity (Wildman–Crippen MR) is 124 cm³/mol. The van der Waals surface area contributed by atoms with E-state index in [-0.39, 0.29) is 18.3 Å². The molecule has 33 heavy (non-hydrogen) atoms. The molecule has 0 bridgehead atoms. The summed E-state index contributed by atoms with van der Waals surface area (Å²) in [6.07, 6.45) is 0.678. The molecule has 0 radical (unpaired) electrons. The number of carbonyl (C=O) groups excluding carboxylic acids is 1. The number of rotatable bonds is 12. The summed E-state index contributed by atoms with van der Waals surface area (Å²) in [5.74, 6) is 1.08. The third-order valence-corrected chi connectivity index (χ3v) is 5.70. The van der Waals surface area contributed by atoms with Gasteiger partial charge in [-0.15, -0.1) is 11.3 Å².